The number of ether oxygens (including phenoxy) is 2. The van der Waals surface area contributed by atoms with E-state index in [1.165, 1.54) is 12.4 Å². The topological polar surface area (TPSA) is 106 Å². The average Bonchev–Trinajstić information content (AvgIpc) is 2.55. The second kappa shape index (κ2) is 6.83. The van der Waals surface area contributed by atoms with Crippen molar-refractivity contribution in [1.82, 2.24) is 15.0 Å². The molecule has 2 aromatic heterocycles. The Hall–Kier alpha value is -3.42. The first-order chi connectivity index (χ1) is 12.3. The van der Waals surface area contributed by atoms with Gasteiger partial charge in [-0.25, -0.2) is 14.8 Å². The summed E-state index contributed by atoms with van der Waals surface area (Å²) in [6.45, 7) is 5.39. The van der Waals surface area contributed by atoms with Gasteiger partial charge in [0.25, 0.3) is 5.56 Å². The SMILES string of the molecule is CC(C)(C)OC(=O)Nc1ccc(Oc2ccnc3[nH]c(=O)cnc23)cc1. The molecule has 1 amide bonds. The zero-order valence-electron chi connectivity index (χ0n) is 14.6. The smallest absolute Gasteiger partial charge is 0.412 e. The third kappa shape index (κ3) is 4.35. The minimum atomic E-state index is -0.566. The van der Waals surface area contributed by atoms with Crippen molar-refractivity contribution in [2.24, 2.45) is 0 Å². The summed E-state index contributed by atoms with van der Waals surface area (Å²) in [5.41, 5.74) is 0.471. The summed E-state index contributed by atoms with van der Waals surface area (Å²) in [7, 11) is 0. The van der Waals surface area contributed by atoms with Crippen LogP contribution >= 0.6 is 0 Å². The maximum absolute atomic E-state index is 11.8. The molecule has 2 heterocycles. The van der Waals surface area contributed by atoms with Gasteiger partial charge in [0, 0.05) is 18.0 Å². The summed E-state index contributed by atoms with van der Waals surface area (Å²) >= 11 is 0. The van der Waals surface area contributed by atoms with Gasteiger partial charge in [0.05, 0.1) is 6.20 Å². The molecule has 0 atom stereocenters. The highest BCUT2D eigenvalue weighted by Crippen LogP contribution is 2.27. The van der Waals surface area contributed by atoms with Gasteiger partial charge in [-0.3, -0.25) is 10.1 Å². The molecule has 0 radical (unpaired) electrons. The summed E-state index contributed by atoms with van der Waals surface area (Å²) < 4.78 is 11.0. The minimum Gasteiger partial charge on any atom is -0.455 e. The number of nitrogens with zero attached hydrogens (tertiary/aromatic N) is 2. The molecule has 0 aliphatic carbocycles. The van der Waals surface area contributed by atoms with Crippen molar-refractivity contribution in [3.8, 4) is 11.5 Å². The molecule has 1 aromatic carbocycles. The number of aromatic nitrogens is 3. The lowest BCUT2D eigenvalue weighted by molar-refractivity contribution is 0.0636. The molecule has 0 aliphatic heterocycles. The van der Waals surface area contributed by atoms with Gasteiger partial charge < -0.3 is 14.5 Å². The minimum absolute atomic E-state index is 0.334. The van der Waals surface area contributed by atoms with E-state index in [9.17, 15) is 9.59 Å². The molecule has 134 valence electrons. The quantitative estimate of drug-likeness (QED) is 0.746. The number of H-pyrrole nitrogens is 1. The molecule has 0 fully saturated rings. The molecular formula is C18H18N4O4. The molecule has 3 rings (SSSR count). The van der Waals surface area contributed by atoms with Crippen LogP contribution in [0, 0.1) is 0 Å². The highest BCUT2D eigenvalue weighted by atomic mass is 16.6. The Bertz CT molecular complexity index is 990. The fourth-order valence-corrected chi connectivity index (χ4v) is 2.16. The molecule has 2 N–H and O–H groups in total. The van der Waals surface area contributed by atoms with Crippen molar-refractivity contribution in [2.45, 2.75) is 26.4 Å². The molecule has 0 saturated carbocycles. The Morgan fingerprint density at radius 3 is 2.54 bits per heavy atom. The Morgan fingerprint density at radius 2 is 1.85 bits per heavy atom. The normalized spacial score (nSPS) is 11.2. The summed E-state index contributed by atoms with van der Waals surface area (Å²) in [5, 5.41) is 2.65. The molecule has 8 heteroatoms. The lowest BCUT2D eigenvalue weighted by Gasteiger charge is -2.19. The van der Waals surface area contributed by atoms with E-state index in [0.717, 1.165) is 0 Å². The van der Waals surface area contributed by atoms with Crippen LogP contribution in [0.1, 0.15) is 20.8 Å². The first-order valence-corrected chi connectivity index (χ1v) is 7.92. The van der Waals surface area contributed by atoms with E-state index in [-0.39, 0.29) is 5.56 Å². The summed E-state index contributed by atoms with van der Waals surface area (Å²) in [5.74, 6) is 0.999. The largest absolute Gasteiger partial charge is 0.455 e. The van der Waals surface area contributed by atoms with E-state index >= 15 is 0 Å². The van der Waals surface area contributed by atoms with Crippen molar-refractivity contribution in [3.63, 3.8) is 0 Å². The predicted molar refractivity (Wildman–Crippen MR) is 96.5 cm³/mol. The molecule has 0 spiro atoms. The van der Waals surface area contributed by atoms with Crippen LogP contribution in [-0.2, 0) is 4.74 Å². The standard InChI is InChI=1S/C18H18N4O4/c1-18(2,3)26-17(24)21-11-4-6-12(7-5-11)25-13-8-9-19-16-15(13)20-10-14(23)22-16/h4-10H,1-3H3,(H,21,24)(H,19,22,23). The Balaban J connectivity index is 1.74. The highest BCUT2D eigenvalue weighted by molar-refractivity contribution is 5.85. The van der Waals surface area contributed by atoms with E-state index in [2.05, 4.69) is 20.3 Å². The number of pyridine rings is 1. The first-order valence-electron chi connectivity index (χ1n) is 7.92. The molecular weight excluding hydrogens is 336 g/mol. The molecule has 0 unspecified atom stereocenters. The summed E-state index contributed by atoms with van der Waals surface area (Å²) in [6.07, 6.45) is 2.16. The van der Waals surface area contributed by atoms with Gasteiger partial charge in [-0.1, -0.05) is 0 Å². The molecule has 26 heavy (non-hydrogen) atoms. The van der Waals surface area contributed by atoms with Crippen LogP contribution in [-0.4, -0.2) is 26.6 Å². The number of amides is 1. The fraction of sp³-hybridized carbons (Fsp3) is 0.222. The Morgan fingerprint density at radius 1 is 1.12 bits per heavy atom. The van der Waals surface area contributed by atoms with Crippen molar-refractivity contribution in [1.29, 1.82) is 0 Å². The molecule has 0 saturated heterocycles. The van der Waals surface area contributed by atoms with Crippen LogP contribution in [0.15, 0.2) is 47.5 Å². The number of nitrogens with one attached hydrogen (secondary N) is 2. The number of aromatic amines is 1. The fourth-order valence-electron chi connectivity index (χ4n) is 2.16. The van der Waals surface area contributed by atoms with Gasteiger partial charge in [-0.05, 0) is 45.0 Å². The number of carbonyl (C=O) groups excluding carboxylic acids is 1. The molecule has 8 nitrogen and oxygen atoms in total. The highest BCUT2D eigenvalue weighted by Gasteiger charge is 2.16. The van der Waals surface area contributed by atoms with Crippen LogP contribution < -0.4 is 15.6 Å². The van der Waals surface area contributed by atoms with Gasteiger partial charge in [0.15, 0.2) is 11.4 Å². The third-order valence-corrected chi connectivity index (χ3v) is 3.17. The van der Waals surface area contributed by atoms with E-state index in [1.807, 2.05) is 0 Å². The number of hydrogen-bond acceptors (Lipinski definition) is 6. The van der Waals surface area contributed by atoms with Gasteiger partial charge in [-0.2, -0.15) is 0 Å². The van der Waals surface area contributed by atoms with Crippen molar-refractivity contribution < 1.29 is 14.3 Å². The second-order valence-electron chi connectivity index (χ2n) is 6.51. The van der Waals surface area contributed by atoms with Crippen LogP contribution in [0.3, 0.4) is 0 Å². The first kappa shape index (κ1) is 17.4. The maximum Gasteiger partial charge on any atom is 0.412 e. The van der Waals surface area contributed by atoms with E-state index < -0.39 is 11.7 Å². The van der Waals surface area contributed by atoms with Crippen LogP contribution in [0.5, 0.6) is 11.5 Å². The molecule has 0 aliphatic rings. The number of hydrogen-bond donors (Lipinski definition) is 2. The predicted octanol–water partition coefficient (Wildman–Crippen LogP) is 3.46. The van der Waals surface area contributed by atoms with Crippen LogP contribution in [0.4, 0.5) is 10.5 Å². The van der Waals surface area contributed by atoms with Crippen LogP contribution in [0.25, 0.3) is 11.2 Å². The average molecular weight is 354 g/mol. The van der Waals surface area contributed by atoms with E-state index in [1.54, 1.807) is 51.1 Å². The number of rotatable bonds is 3. The summed E-state index contributed by atoms with van der Waals surface area (Å²) in [4.78, 5) is 33.8. The molecule has 3 aromatic rings. The lowest BCUT2D eigenvalue weighted by Crippen LogP contribution is -2.27. The van der Waals surface area contributed by atoms with E-state index in [0.29, 0.717) is 28.4 Å². The second-order valence-corrected chi connectivity index (χ2v) is 6.51. The summed E-state index contributed by atoms with van der Waals surface area (Å²) in [6, 6.07) is 8.44. The Labute approximate surface area is 149 Å². The van der Waals surface area contributed by atoms with Gasteiger partial charge >= 0.3 is 6.09 Å². The number of benzene rings is 1. The van der Waals surface area contributed by atoms with Gasteiger partial charge in [-0.15, -0.1) is 0 Å². The lowest BCUT2D eigenvalue weighted by atomic mass is 10.2. The third-order valence-electron chi connectivity index (χ3n) is 3.17. The van der Waals surface area contributed by atoms with E-state index in [4.69, 9.17) is 9.47 Å². The molecule has 0 bridgehead atoms. The van der Waals surface area contributed by atoms with Gasteiger partial charge in [0.1, 0.15) is 16.9 Å². The number of anilines is 1. The number of fused-ring (bicyclic) bond motifs is 1. The zero-order chi connectivity index (χ0) is 18.7. The van der Waals surface area contributed by atoms with Crippen molar-refractivity contribution >= 4 is 22.9 Å². The Kier molecular flexibility index (Phi) is 4.57. The van der Waals surface area contributed by atoms with Gasteiger partial charge in [0.2, 0.25) is 0 Å². The zero-order valence-corrected chi connectivity index (χ0v) is 14.6. The number of carbonyl (C=O) groups is 1. The monoisotopic (exact) mass is 354 g/mol. The van der Waals surface area contributed by atoms with Crippen molar-refractivity contribution in [3.05, 3.63) is 53.1 Å². The van der Waals surface area contributed by atoms with Crippen molar-refractivity contribution in [2.75, 3.05) is 5.32 Å². The van der Waals surface area contributed by atoms with Crippen LogP contribution in [0.2, 0.25) is 0 Å². The maximum atomic E-state index is 11.8.